The van der Waals surface area contributed by atoms with Gasteiger partial charge in [0.05, 0.1) is 11.7 Å². The summed E-state index contributed by atoms with van der Waals surface area (Å²) in [5, 5.41) is 12.6. The number of carbonyl (C=O) groups excluding carboxylic acids is 2. The average Bonchev–Trinajstić information content (AvgIpc) is 3.73. The molecule has 4 aromatic rings. The number of nitrogens with one attached hydrogen (secondary N) is 3. The van der Waals surface area contributed by atoms with Crippen LogP contribution in [0.3, 0.4) is 0 Å². The molecule has 1 fully saturated rings. The summed E-state index contributed by atoms with van der Waals surface area (Å²) < 4.78 is 70.0. The summed E-state index contributed by atoms with van der Waals surface area (Å²) in [6, 6.07) is 20.9. The molecule has 2 atom stereocenters. The Bertz CT molecular complexity index is 1820. The van der Waals surface area contributed by atoms with E-state index in [1.165, 1.54) is 12.1 Å². The maximum Gasteiger partial charge on any atom is 0.435 e. The molecule has 260 valence electrons. The molecule has 2 unspecified atom stereocenters. The first kappa shape index (κ1) is 35.8. The molecule has 0 saturated heterocycles. The van der Waals surface area contributed by atoms with Crippen molar-refractivity contribution < 1.29 is 36.3 Å². The molecule has 2 amide bonds. The van der Waals surface area contributed by atoms with Gasteiger partial charge in [-0.3, -0.25) is 9.00 Å². The standard InChI is InChI=1S/C35H38F3N5O5S/c1-34(2,3)48-33(45)40-20-24-6-4-9-28(16-24)43-29(18-30(42-43)35(36,37)38)32(44)41-27-8-5-7-26(17-27)31(39-19-22-10-11-22)25-14-12-23(13-15-25)21-49(46)47/h4-9,12-18,22,31,39H,10-11,19-21H2,1-3H3,(H,40,45)(H,41,44)(H,46,47)/p-1. The molecule has 49 heavy (non-hydrogen) atoms. The lowest BCUT2D eigenvalue weighted by Crippen LogP contribution is -2.32. The fraction of sp³-hybridized carbons (Fsp3) is 0.343. The van der Waals surface area contributed by atoms with Gasteiger partial charge in [-0.05, 0) is 92.6 Å². The number of benzene rings is 3. The van der Waals surface area contributed by atoms with Gasteiger partial charge in [0.25, 0.3) is 5.91 Å². The number of ether oxygens (including phenoxy) is 1. The van der Waals surface area contributed by atoms with Gasteiger partial charge < -0.3 is 25.2 Å². The van der Waals surface area contributed by atoms with Crippen molar-refractivity contribution >= 4 is 28.8 Å². The summed E-state index contributed by atoms with van der Waals surface area (Å²) in [5.41, 5.74) is 1.14. The number of rotatable bonds is 12. The second-order valence-electron chi connectivity index (χ2n) is 12.9. The molecular formula is C35H37F3N5O5S-. The van der Waals surface area contributed by atoms with Crippen LogP contribution < -0.4 is 16.0 Å². The lowest BCUT2D eigenvalue weighted by Gasteiger charge is -2.21. The Labute approximate surface area is 284 Å². The number of anilines is 1. The van der Waals surface area contributed by atoms with Crippen molar-refractivity contribution in [1.82, 2.24) is 20.4 Å². The lowest BCUT2D eigenvalue weighted by atomic mass is 9.97. The zero-order valence-electron chi connectivity index (χ0n) is 27.2. The van der Waals surface area contributed by atoms with Crippen LogP contribution in [0.1, 0.15) is 78.1 Å². The minimum absolute atomic E-state index is 0.0291. The van der Waals surface area contributed by atoms with E-state index in [0.717, 1.165) is 35.2 Å². The second-order valence-corrected chi connectivity index (χ2v) is 13.8. The number of carbonyl (C=O) groups is 2. The van der Waals surface area contributed by atoms with E-state index in [1.807, 2.05) is 18.2 Å². The Morgan fingerprint density at radius 1 is 0.980 bits per heavy atom. The maximum absolute atomic E-state index is 13.8. The quantitative estimate of drug-likeness (QED) is 0.141. The van der Waals surface area contributed by atoms with Crippen LogP contribution in [0.15, 0.2) is 78.9 Å². The third-order valence-electron chi connectivity index (χ3n) is 7.61. The van der Waals surface area contributed by atoms with Gasteiger partial charge in [-0.25, -0.2) is 9.48 Å². The molecule has 1 saturated carbocycles. The predicted octanol–water partition coefficient (Wildman–Crippen LogP) is 6.64. The molecule has 0 aliphatic heterocycles. The molecule has 3 aromatic carbocycles. The van der Waals surface area contributed by atoms with Crippen molar-refractivity contribution in [2.75, 3.05) is 11.9 Å². The number of nitrogens with zero attached hydrogens (tertiary/aromatic N) is 2. The van der Waals surface area contributed by atoms with E-state index >= 15 is 0 Å². The molecule has 3 N–H and O–H groups in total. The van der Waals surface area contributed by atoms with Crippen molar-refractivity contribution in [3.05, 3.63) is 113 Å². The number of alkyl carbamates (subject to hydrolysis) is 1. The van der Waals surface area contributed by atoms with Crippen LogP contribution in [-0.2, 0) is 34.3 Å². The number of hydrogen-bond donors (Lipinski definition) is 3. The first-order valence-corrected chi connectivity index (χ1v) is 16.9. The van der Waals surface area contributed by atoms with Gasteiger partial charge in [0.2, 0.25) is 0 Å². The van der Waals surface area contributed by atoms with Gasteiger partial charge in [-0.1, -0.05) is 59.6 Å². The highest BCUT2D eigenvalue weighted by molar-refractivity contribution is 7.78. The van der Waals surface area contributed by atoms with Crippen molar-refractivity contribution in [1.29, 1.82) is 0 Å². The van der Waals surface area contributed by atoms with Gasteiger partial charge in [0.1, 0.15) is 11.3 Å². The summed E-state index contributed by atoms with van der Waals surface area (Å²) in [6.45, 7) is 5.96. The van der Waals surface area contributed by atoms with Crippen molar-refractivity contribution in [3.63, 3.8) is 0 Å². The van der Waals surface area contributed by atoms with Crippen LogP contribution in [0.5, 0.6) is 0 Å². The second kappa shape index (κ2) is 14.9. The SMILES string of the molecule is CC(C)(C)OC(=O)NCc1cccc(-n2nc(C(F)(F)F)cc2C(=O)Nc2cccc(C(NCC3CC3)c3ccc(CS(=O)[O-])cc3)c2)c1. The first-order valence-electron chi connectivity index (χ1n) is 15.7. The number of halogens is 3. The van der Waals surface area contributed by atoms with Gasteiger partial charge in [-0.15, -0.1) is 0 Å². The molecule has 0 radical (unpaired) electrons. The van der Waals surface area contributed by atoms with Crippen LogP contribution in [0.4, 0.5) is 23.7 Å². The summed E-state index contributed by atoms with van der Waals surface area (Å²) in [4.78, 5) is 25.7. The Morgan fingerprint density at radius 2 is 1.69 bits per heavy atom. The minimum Gasteiger partial charge on any atom is -0.772 e. The fourth-order valence-corrected chi connectivity index (χ4v) is 5.60. The fourth-order valence-electron chi connectivity index (χ4n) is 5.13. The topological polar surface area (TPSA) is 137 Å². The zero-order valence-corrected chi connectivity index (χ0v) is 28.0. The normalized spacial score (nSPS) is 14.6. The first-order chi connectivity index (χ1) is 23.1. The molecule has 1 aliphatic rings. The summed E-state index contributed by atoms with van der Waals surface area (Å²) in [5.74, 6) is -0.348. The predicted molar refractivity (Wildman–Crippen MR) is 178 cm³/mol. The summed E-state index contributed by atoms with van der Waals surface area (Å²) in [7, 11) is 0. The Balaban J connectivity index is 1.39. The summed E-state index contributed by atoms with van der Waals surface area (Å²) >= 11 is -2.22. The van der Waals surface area contributed by atoms with Crippen LogP contribution in [0.2, 0.25) is 0 Å². The van der Waals surface area contributed by atoms with Crippen LogP contribution in [-0.4, -0.2) is 42.7 Å². The summed E-state index contributed by atoms with van der Waals surface area (Å²) in [6.07, 6.45) is -3.21. The monoisotopic (exact) mass is 696 g/mol. The number of hydrogen-bond acceptors (Lipinski definition) is 7. The molecule has 1 aromatic heterocycles. The van der Waals surface area contributed by atoms with Crippen molar-refractivity contribution in [3.8, 4) is 5.69 Å². The number of aromatic nitrogens is 2. The molecule has 10 nitrogen and oxygen atoms in total. The highest BCUT2D eigenvalue weighted by atomic mass is 32.2. The van der Waals surface area contributed by atoms with E-state index in [9.17, 15) is 31.5 Å². The van der Waals surface area contributed by atoms with E-state index in [4.69, 9.17) is 4.74 Å². The smallest absolute Gasteiger partial charge is 0.435 e. The number of amides is 2. The lowest BCUT2D eigenvalue weighted by molar-refractivity contribution is -0.141. The zero-order chi connectivity index (χ0) is 35.3. The van der Waals surface area contributed by atoms with Gasteiger partial charge in [0.15, 0.2) is 5.69 Å². The third-order valence-corrected chi connectivity index (χ3v) is 8.18. The van der Waals surface area contributed by atoms with Gasteiger partial charge in [0, 0.05) is 24.1 Å². The van der Waals surface area contributed by atoms with E-state index in [2.05, 4.69) is 21.0 Å². The van der Waals surface area contributed by atoms with Crippen LogP contribution in [0.25, 0.3) is 5.69 Å². The third kappa shape index (κ3) is 10.2. The van der Waals surface area contributed by atoms with E-state index in [-0.39, 0.29) is 29.7 Å². The molecule has 5 rings (SSSR count). The largest absolute Gasteiger partial charge is 0.772 e. The molecule has 1 heterocycles. The van der Waals surface area contributed by atoms with Crippen LogP contribution >= 0.6 is 0 Å². The van der Waals surface area contributed by atoms with Crippen LogP contribution in [0, 0.1) is 5.92 Å². The molecular weight excluding hydrogens is 659 g/mol. The molecule has 0 bridgehead atoms. The van der Waals surface area contributed by atoms with Crippen molar-refractivity contribution in [2.24, 2.45) is 5.92 Å². The Hall–Kier alpha value is -4.53. The van der Waals surface area contributed by atoms with E-state index in [1.54, 1.807) is 63.2 Å². The number of alkyl halides is 3. The van der Waals surface area contributed by atoms with Gasteiger partial charge in [-0.2, -0.15) is 18.3 Å². The minimum atomic E-state index is -4.81. The molecule has 1 aliphatic carbocycles. The van der Waals surface area contributed by atoms with E-state index < -0.39 is 40.6 Å². The average molecular weight is 697 g/mol. The Morgan fingerprint density at radius 3 is 2.35 bits per heavy atom. The van der Waals surface area contributed by atoms with E-state index in [0.29, 0.717) is 28.8 Å². The Kier molecular flexibility index (Phi) is 10.9. The molecule has 14 heteroatoms. The highest BCUT2D eigenvalue weighted by Gasteiger charge is 2.36. The maximum atomic E-state index is 13.8. The molecule has 0 spiro atoms. The van der Waals surface area contributed by atoms with Gasteiger partial charge >= 0.3 is 12.3 Å². The highest BCUT2D eigenvalue weighted by Crippen LogP contribution is 2.32. The van der Waals surface area contributed by atoms with Crippen molar-refractivity contribution in [2.45, 2.75) is 63.7 Å².